The van der Waals surface area contributed by atoms with Gasteiger partial charge in [-0.05, 0) is 114 Å². The lowest BCUT2D eigenvalue weighted by Crippen LogP contribution is -2.12. The van der Waals surface area contributed by atoms with Gasteiger partial charge in [0, 0.05) is 33.3 Å². The van der Waals surface area contributed by atoms with Crippen molar-refractivity contribution in [1.82, 2.24) is 4.57 Å². The predicted octanol–water partition coefficient (Wildman–Crippen LogP) is 18.0. The van der Waals surface area contributed by atoms with Gasteiger partial charge in [-0.15, -0.1) is 0 Å². The SMILES string of the molecule is CCC(C)c1ccccc1.CCC/C=C(\c1ccccc1)c1ccc(-n2c3c4c(ccc3c3ccc(C)c(/C=C\c5ccccc5C)c32)N(c2ccccc2)c2ccccc2C=C4)cc1. The van der Waals surface area contributed by atoms with Gasteiger partial charge in [-0.1, -0.05) is 209 Å². The van der Waals surface area contributed by atoms with E-state index in [0.29, 0.717) is 5.92 Å². The average Bonchev–Trinajstić information content (AvgIpc) is 3.59. The third-order valence-corrected chi connectivity index (χ3v) is 13.0. The summed E-state index contributed by atoms with van der Waals surface area (Å²) in [4.78, 5) is 2.42. The summed E-state index contributed by atoms with van der Waals surface area (Å²) in [5.74, 6) is 0.709. The fourth-order valence-electron chi connectivity index (χ4n) is 9.22. The van der Waals surface area contributed by atoms with Crippen LogP contribution in [0, 0.1) is 13.8 Å². The van der Waals surface area contributed by atoms with Crippen molar-refractivity contribution >= 4 is 68.7 Å². The Balaban J connectivity index is 0.000000473. The Bertz CT molecular complexity index is 3150. The summed E-state index contributed by atoms with van der Waals surface area (Å²) >= 11 is 0. The normalized spacial score (nSPS) is 12.8. The molecule has 0 amide bonds. The first-order valence-electron chi connectivity index (χ1n) is 23.3. The monoisotopic (exact) mass is 842 g/mol. The first-order valence-corrected chi connectivity index (χ1v) is 23.3. The lowest BCUT2D eigenvalue weighted by Gasteiger charge is -2.27. The standard InChI is InChI=1S/C53H44N2.C10H14/c1-4-5-23-46(40-18-8-6-9-19-40)41-26-30-44(31-27-41)55-52-45(33-28-39-17-13-12-16-37(39)2)38(3)25-32-47(52)48-35-36-51-49(53(48)55)34-29-42-20-14-15-24-50(42)54(51)43-21-10-7-11-22-43;1-3-9(2)10-7-5-4-6-8-10/h6-36H,4-5H2,1-3H3;4-9H,3H2,1-2H3/b33-28-,46-23+;. The molecule has 9 aromatic rings. The van der Waals surface area contributed by atoms with Crippen molar-refractivity contribution in [2.45, 2.75) is 59.8 Å². The van der Waals surface area contributed by atoms with Crippen LogP contribution in [0.25, 0.3) is 57.4 Å². The van der Waals surface area contributed by atoms with Gasteiger partial charge in [0.1, 0.15) is 0 Å². The van der Waals surface area contributed by atoms with Crippen molar-refractivity contribution in [3.63, 3.8) is 0 Å². The van der Waals surface area contributed by atoms with Crippen molar-refractivity contribution in [2.24, 2.45) is 0 Å². The molecule has 1 aliphatic rings. The molecule has 2 heteroatoms. The van der Waals surface area contributed by atoms with Crippen LogP contribution >= 0.6 is 0 Å². The molecule has 10 rings (SSSR count). The van der Waals surface area contributed by atoms with E-state index >= 15 is 0 Å². The molecule has 0 saturated heterocycles. The van der Waals surface area contributed by atoms with Gasteiger partial charge in [0.2, 0.25) is 0 Å². The molecule has 2 heterocycles. The summed E-state index contributed by atoms with van der Waals surface area (Å²) in [6.07, 6.45) is 15.0. The third kappa shape index (κ3) is 8.78. The molecule has 1 aromatic heterocycles. The number of hydrogen-bond donors (Lipinski definition) is 0. The van der Waals surface area contributed by atoms with Gasteiger partial charge in [-0.3, -0.25) is 0 Å². The van der Waals surface area contributed by atoms with Crippen LogP contribution in [0.4, 0.5) is 17.1 Å². The number of unbranched alkanes of at least 4 members (excludes halogenated alkanes) is 1. The van der Waals surface area contributed by atoms with E-state index in [1.807, 2.05) is 0 Å². The van der Waals surface area contributed by atoms with Crippen molar-refractivity contribution < 1.29 is 0 Å². The minimum atomic E-state index is 0.709. The molecule has 320 valence electrons. The highest BCUT2D eigenvalue weighted by molar-refractivity contribution is 6.17. The van der Waals surface area contributed by atoms with Crippen LogP contribution in [0.5, 0.6) is 0 Å². The van der Waals surface area contributed by atoms with Gasteiger partial charge in [0.25, 0.3) is 0 Å². The zero-order valence-electron chi connectivity index (χ0n) is 38.4. The van der Waals surface area contributed by atoms with Crippen LogP contribution in [0.3, 0.4) is 0 Å². The molecule has 0 N–H and O–H groups in total. The van der Waals surface area contributed by atoms with Crippen molar-refractivity contribution in [3.8, 4) is 5.69 Å². The Morgan fingerprint density at radius 2 is 1.15 bits per heavy atom. The molecule has 65 heavy (non-hydrogen) atoms. The maximum absolute atomic E-state index is 2.53. The number of nitrogens with zero attached hydrogens (tertiary/aromatic N) is 2. The second-order valence-electron chi connectivity index (χ2n) is 17.2. The summed E-state index contributed by atoms with van der Waals surface area (Å²) in [5.41, 5.74) is 19.6. The molecule has 8 aromatic carbocycles. The van der Waals surface area contributed by atoms with Crippen LogP contribution in [0.1, 0.15) is 96.0 Å². The molecule has 2 nitrogen and oxygen atoms in total. The molecule has 0 spiro atoms. The second-order valence-corrected chi connectivity index (χ2v) is 17.2. The lowest BCUT2D eigenvalue weighted by atomic mass is 9.96. The van der Waals surface area contributed by atoms with E-state index in [2.05, 4.69) is 263 Å². The average molecular weight is 843 g/mol. The van der Waals surface area contributed by atoms with Gasteiger partial charge in [0.15, 0.2) is 0 Å². The fourth-order valence-corrected chi connectivity index (χ4v) is 9.22. The van der Waals surface area contributed by atoms with Crippen molar-refractivity contribution in [1.29, 1.82) is 0 Å². The Kier molecular flexibility index (Phi) is 12.9. The van der Waals surface area contributed by atoms with Crippen LogP contribution in [0.15, 0.2) is 194 Å². The van der Waals surface area contributed by atoms with E-state index < -0.39 is 0 Å². The lowest BCUT2D eigenvalue weighted by molar-refractivity contribution is 0.733. The molecule has 0 aliphatic carbocycles. The minimum Gasteiger partial charge on any atom is -0.309 e. The third-order valence-electron chi connectivity index (χ3n) is 13.0. The number of fused-ring (bicyclic) bond motifs is 6. The number of hydrogen-bond acceptors (Lipinski definition) is 1. The number of anilines is 3. The molecule has 1 aliphatic heterocycles. The van der Waals surface area contributed by atoms with Gasteiger partial charge in [-0.2, -0.15) is 0 Å². The summed E-state index contributed by atoms with van der Waals surface area (Å²) in [5, 5.41) is 2.48. The topological polar surface area (TPSA) is 8.17 Å². The fraction of sp³-hybridized carbons (Fsp3) is 0.143. The van der Waals surface area contributed by atoms with E-state index in [0.717, 1.165) is 29.9 Å². The highest BCUT2D eigenvalue weighted by Gasteiger charge is 2.25. The van der Waals surface area contributed by atoms with Crippen molar-refractivity contribution in [2.75, 3.05) is 4.90 Å². The highest BCUT2D eigenvalue weighted by atomic mass is 15.2. The molecule has 0 bridgehead atoms. The summed E-state index contributed by atoms with van der Waals surface area (Å²) in [7, 11) is 0. The Hall–Kier alpha value is -7.42. The maximum atomic E-state index is 2.53. The Labute approximate surface area is 386 Å². The molecular weight excluding hydrogens is 785 g/mol. The summed E-state index contributed by atoms with van der Waals surface area (Å²) in [6, 6.07) is 68.0. The molecular formula is C63H58N2. The molecule has 1 unspecified atom stereocenters. The van der Waals surface area contributed by atoms with Crippen LogP contribution in [-0.4, -0.2) is 4.57 Å². The number of aromatic nitrogens is 1. The number of rotatable bonds is 10. The first kappa shape index (κ1) is 42.9. The molecule has 0 saturated carbocycles. The second kappa shape index (κ2) is 19.5. The van der Waals surface area contributed by atoms with Gasteiger partial charge in [-0.25, -0.2) is 0 Å². The zero-order chi connectivity index (χ0) is 44.7. The van der Waals surface area contributed by atoms with Crippen molar-refractivity contribution in [3.05, 3.63) is 244 Å². The van der Waals surface area contributed by atoms with Crippen LogP contribution < -0.4 is 4.90 Å². The van der Waals surface area contributed by atoms with E-state index in [1.54, 1.807) is 0 Å². The van der Waals surface area contributed by atoms with Gasteiger partial charge >= 0.3 is 0 Å². The maximum Gasteiger partial charge on any atom is 0.0634 e. The number of para-hydroxylation sites is 2. The highest BCUT2D eigenvalue weighted by Crippen LogP contribution is 2.47. The largest absolute Gasteiger partial charge is 0.309 e. The van der Waals surface area contributed by atoms with E-state index in [-0.39, 0.29) is 0 Å². The number of benzene rings is 8. The smallest absolute Gasteiger partial charge is 0.0634 e. The first-order chi connectivity index (χ1) is 31.9. The predicted molar refractivity (Wildman–Crippen MR) is 283 cm³/mol. The quantitative estimate of drug-likeness (QED) is 0.125. The Morgan fingerprint density at radius 3 is 1.88 bits per heavy atom. The van der Waals surface area contributed by atoms with E-state index in [4.69, 9.17) is 0 Å². The summed E-state index contributed by atoms with van der Waals surface area (Å²) in [6.45, 7) is 11.1. The zero-order valence-corrected chi connectivity index (χ0v) is 38.4. The number of aryl methyl sites for hydroxylation is 2. The molecule has 0 radical (unpaired) electrons. The van der Waals surface area contributed by atoms with Gasteiger partial charge in [0.05, 0.1) is 22.4 Å². The van der Waals surface area contributed by atoms with E-state index in [9.17, 15) is 0 Å². The number of allylic oxidation sites excluding steroid dienone is 1. The van der Waals surface area contributed by atoms with Gasteiger partial charge < -0.3 is 9.47 Å². The molecule has 1 atom stereocenters. The minimum absolute atomic E-state index is 0.709. The van der Waals surface area contributed by atoms with Crippen LogP contribution in [-0.2, 0) is 0 Å². The van der Waals surface area contributed by atoms with Crippen LogP contribution in [0.2, 0.25) is 0 Å². The summed E-state index contributed by atoms with van der Waals surface area (Å²) < 4.78 is 2.53. The Morgan fingerprint density at radius 1 is 0.523 bits per heavy atom. The van der Waals surface area contributed by atoms with E-state index in [1.165, 1.54) is 89.6 Å². The molecule has 0 fully saturated rings.